The molecule has 1 amide bonds. The summed E-state index contributed by atoms with van der Waals surface area (Å²) in [6, 6.07) is 4.85. The summed E-state index contributed by atoms with van der Waals surface area (Å²) in [6.45, 7) is 5.47. The van der Waals surface area contributed by atoms with E-state index in [4.69, 9.17) is 0 Å². The van der Waals surface area contributed by atoms with Crippen LogP contribution in [0.3, 0.4) is 0 Å². The Bertz CT molecular complexity index is 900. The Morgan fingerprint density at radius 3 is 2.77 bits per heavy atom. The van der Waals surface area contributed by atoms with Crippen LogP contribution in [0.4, 0.5) is 0 Å². The van der Waals surface area contributed by atoms with Crippen molar-refractivity contribution in [2.75, 3.05) is 19.6 Å². The molecule has 8 nitrogen and oxygen atoms in total. The molecule has 9 heteroatoms. The van der Waals surface area contributed by atoms with Crippen LogP contribution in [0.1, 0.15) is 25.7 Å². The highest BCUT2D eigenvalue weighted by Crippen LogP contribution is 2.23. The Hall–Kier alpha value is -2.26. The maximum Gasteiger partial charge on any atom is 0.243 e. The highest BCUT2D eigenvalue weighted by atomic mass is 32.2. The smallest absolute Gasteiger partial charge is 0.243 e. The van der Waals surface area contributed by atoms with Crippen molar-refractivity contribution < 1.29 is 13.2 Å². The first-order valence-electron chi connectivity index (χ1n) is 8.73. The molecule has 26 heavy (non-hydrogen) atoms. The van der Waals surface area contributed by atoms with Gasteiger partial charge >= 0.3 is 0 Å². The van der Waals surface area contributed by atoms with Gasteiger partial charge in [-0.3, -0.25) is 4.79 Å². The van der Waals surface area contributed by atoms with E-state index in [-0.39, 0.29) is 17.2 Å². The summed E-state index contributed by atoms with van der Waals surface area (Å²) >= 11 is 0. The maximum atomic E-state index is 12.8. The van der Waals surface area contributed by atoms with E-state index in [2.05, 4.69) is 22.2 Å². The quantitative estimate of drug-likeness (QED) is 0.734. The van der Waals surface area contributed by atoms with Crippen molar-refractivity contribution in [2.45, 2.75) is 37.1 Å². The molecule has 1 fully saturated rings. The number of aromatic nitrogens is 3. The van der Waals surface area contributed by atoms with Crippen molar-refractivity contribution in [1.29, 1.82) is 0 Å². The number of fused-ring (bicyclic) bond motifs is 1. The van der Waals surface area contributed by atoms with Crippen molar-refractivity contribution in [1.82, 2.24) is 24.6 Å². The minimum atomic E-state index is -3.50. The minimum absolute atomic E-state index is 0.0992. The number of piperidine rings is 1. The largest absolute Gasteiger partial charge is 0.353 e. The molecule has 0 spiro atoms. The van der Waals surface area contributed by atoms with Crippen LogP contribution in [0, 0.1) is 0 Å². The molecular formula is C17H23N5O3S. The van der Waals surface area contributed by atoms with Gasteiger partial charge in [0.15, 0.2) is 0 Å². The van der Waals surface area contributed by atoms with Crippen molar-refractivity contribution in [3.8, 4) is 0 Å². The predicted molar refractivity (Wildman–Crippen MR) is 98.0 cm³/mol. The van der Waals surface area contributed by atoms with Gasteiger partial charge in [0, 0.05) is 26.1 Å². The molecule has 0 unspecified atom stereocenters. The molecule has 2 heterocycles. The van der Waals surface area contributed by atoms with E-state index in [9.17, 15) is 13.2 Å². The topological polar surface area (TPSA) is 97.2 Å². The summed E-state index contributed by atoms with van der Waals surface area (Å²) < 4.78 is 28.7. The second-order valence-electron chi connectivity index (χ2n) is 6.27. The minimum Gasteiger partial charge on any atom is -0.353 e. The Kier molecular flexibility index (Phi) is 5.67. The summed E-state index contributed by atoms with van der Waals surface area (Å²) in [7, 11) is -3.50. The fourth-order valence-electron chi connectivity index (χ4n) is 3.01. The van der Waals surface area contributed by atoms with Crippen molar-refractivity contribution in [3.63, 3.8) is 0 Å². The van der Waals surface area contributed by atoms with Crippen LogP contribution in [0.5, 0.6) is 0 Å². The van der Waals surface area contributed by atoms with Crippen LogP contribution in [0.25, 0.3) is 11.0 Å². The van der Waals surface area contributed by atoms with Crippen molar-refractivity contribution in [2.24, 2.45) is 0 Å². The Labute approximate surface area is 152 Å². The van der Waals surface area contributed by atoms with Crippen LogP contribution in [0.2, 0.25) is 0 Å². The number of nitrogens with one attached hydrogen (secondary N) is 1. The Morgan fingerprint density at radius 2 is 2.04 bits per heavy atom. The van der Waals surface area contributed by atoms with E-state index in [0.717, 1.165) is 19.3 Å². The van der Waals surface area contributed by atoms with Gasteiger partial charge in [0.2, 0.25) is 15.9 Å². The SMILES string of the molecule is C=CCNC(=O)CCn1nnc2cc(S(=O)(=O)N3CCCCC3)ccc21. The molecule has 0 atom stereocenters. The number of amides is 1. The molecular weight excluding hydrogens is 354 g/mol. The molecule has 0 bridgehead atoms. The van der Waals surface area contributed by atoms with E-state index in [1.165, 1.54) is 4.31 Å². The van der Waals surface area contributed by atoms with E-state index in [1.807, 2.05) is 0 Å². The standard InChI is InChI=1S/C17H23N5O3S/c1-2-9-18-17(23)8-12-22-16-7-6-14(13-15(16)19-20-22)26(24,25)21-10-4-3-5-11-21/h2,6-7,13H,1,3-5,8-12H2,(H,18,23). The number of carbonyl (C=O) groups is 1. The number of hydrogen-bond donors (Lipinski definition) is 1. The summed E-state index contributed by atoms with van der Waals surface area (Å²) in [5.74, 6) is -0.0992. The Morgan fingerprint density at radius 1 is 1.27 bits per heavy atom. The van der Waals surface area contributed by atoms with Crippen molar-refractivity contribution >= 4 is 27.0 Å². The number of nitrogens with zero attached hydrogens (tertiary/aromatic N) is 4. The summed E-state index contributed by atoms with van der Waals surface area (Å²) in [5.41, 5.74) is 1.22. The lowest BCUT2D eigenvalue weighted by Gasteiger charge is -2.25. The third-order valence-corrected chi connectivity index (χ3v) is 6.33. The summed E-state index contributed by atoms with van der Waals surface area (Å²) in [5, 5.41) is 10.8. The molecule has 1 aromatic carbocycles. The Balaban J connectivity index is 1.76. The second kappa shape index (κ2) is 7.96. The predicted octanol–water partition coefficient (Wildman–Crippen LogP) is 1.30. The van der Waals surface area contributed by atoms with E-state index < -0.39 is 10.0 Å². The average molecular weight is 377 g/mol. The molecule has 140 valence electrons. The first-order chi connectivity index (χ1) is 12.5. The number of hydrogen-bond acceptors (Lipinski definition) is 5. The lowest BCUT2D eigenvalue weighted by Crippen LogP contribution is -2.35. The lowest BCUT2D eigenvalue weighted by molar-refractivity contribution is -0.121. The summed E-state index contributed by atoms with van der Waals surface area (Å²) in [4.78, 5) is 11.9. The molecule has 0 radical (unpaired) electrons. The normalized spacial score (nSPS) is 15.8. The molecule has 1 N–H and O–H groups in total. The van der Waals surface area contributed by atoms with Gasteiger partial charge in [-0.2, -0.15) is 4.31 Å². The maximum absolute atomic E-state index is 12.8. The summed E-state index contributed by atoms with van der Waals surface area (Å²) in [6.07, 6.45) is 4.74. The van der Waals surface area contributed by atoms with Gasteiger partial charge in [-0.05, 0) is 31.0 Å². The van der Waals surface area contributed by atoms with Gasteiger partial charge in [0.05, 0.1) is 17.0 Å². The van der Waals surface area contributed by atoms with Crippen LogP contribution in [-0.4, -0.2) is 53.3 Å². The third-order valence-electron chi connectivity index (χ3n) is 4.43. The van der Waals surface area contributed by atoms with E-state index in [0.29, 0.717) is 37.2 Å². The van der Waals surface area contributed by atoms with Gasteiger partial charge in [-0.15, -0.1) is 11.7 Å². The molecule has 1 aliphatic heterocycles. The van der Waals surface area contributed by atoms with E-state index in [1.54, 1.807) is 29.0 Å². The molecule has 1 aliphatic rings. The second-order valence-corrected chi connectivity index (χ2v) is 8.21. The van der Waals surface area contributed by atoms with Gasteiger partial charge in [0.1, 0.15) is 5.52 Å². The number of benzene rings is 1. The highest BCUT2D eigenvalue weighted by molar-refractivity contribution is 7.89. The van der Waals surface area contributed by atoms with Gasteiger partial charge in [0.25, 0.3) is 0 Å². The number of rotatable bonds is 7. The van der Waals surface area contributed by atoms with Crippen LogP contribution in [-0.2, 0) is 21.4 Å². The monoisotopic (exact) mass is 377 g/mol. The zero-order chi connectivity index (χ0) is 18.6. The van der Waals surface area contributed by atoms with Crippen molar-refractivity contribution in [3.05, 3.63) is 30.9 Å². The molecule has 2 aromatic rings. The molecule has 3 rings (SSSR count). The zero-order valence-corrected chi connectivity index (χ0v) is 15.4. The fraction of sp³-hybridized carbons (Fsp3) is 0.471. The lowest BCUT2D eigenvalue weighted by atomic mass is 10.2. The van der Waals surface area contributed by atoms with Gasteiger partial charge < -0.3 is 5.32 Å². The number of carbonyl (C=O) groups excluding carboxylic acids is 1. The molecule has 1 saturated heterocycles. The van der Waals surface area contributed by atoms with E-state index >= 15 is 0 Å². The number of sulfonamides is 1. The fourth-order valence-corrected chi connectivity index (χ4v) is 4.55. The average Bonchev–Trinajstić information content (AvgIpc) is 3.07. The molecule has 1 aromatic heterocycles. The van der Waals surface area contributed by atoms with Gasteiger partial charge in [-0.25, -0.2) is 13.1 Å². The zero-order valence-electron chi connectivity index (χ0n) is 14.6. The third kappa shape index (κ3) is 3.94. The van der Waals surface area contributed by atoms with Crippen LogP contribution < -0.4 is 5.32 Å². The first-order valence-corrected chi connectivity index (χ1v) is 10.2. The first kappa shape index (κ1) is 18.5. The molecule has 0 aliphatic carbocycles. The van der Waals surface area contributed by atoms with Crippen LogP contribution in [0.15, 0.2) is 35.7 Å². The highest BCUT2D eigenvalue weighted by Gasteiger charge is 2.26. The number of aryl methyl sites for hydroxylation is 1. The van der Waals surface area contributed by atoms with Crippen LogP contribution >= 0.6 is 0 Å². The molecule has 0 saturated carbocycles. The van der Waals surface area contributed by atoms with Gasteiger partial charge in [-0.1, -0.05) is 17.7 Å².